The van der Waals surface area contributed by atoms with E-state index in [9.17, 15) is 13.6 Å². The largest absolute Gasteiger partial charge is 0.321 e. The molecule has 0 radical (unpaired) electrons. The van der Waals surface area contributed by atoms with E-state index in [0.29, 0.717) is 5.69 Å². The summed E-state index contributed by atoms with van der Waals surface area (Å²) in [7, 11) is 0. The highest BCUT2D eigenvalue weighted by molar-refractivity contribution is 6.09. The zero-order valence-corrected chi connectivity index (χ0v) is 11.7. The molecule has 2 aromatic rings. The molecule has 0 aliphatic carbocycles. The number of nitrogens with one attached hydrogen (secondary N) is 1. The first-order valence-corrected chi connectivity index (χ1v) is 6.44. The molecule has 0 aliphatic rings. The fraction of sp³-hybridized carbons (Fsp3) is 0.0588. The molecule has 0 fully saturated rings. The van der Waals surface area contributed by atoms with Crippen LogP contribution in [-0.4, -0.2) is 5.91 Å². The Labute approximate surface area is 126 Å². The van der Waals surface area contributed by atoms with E-state index in [1.165, 1.54) is 12.1 Å². The highest BCUT2D eigenvalue weighted by Crippen LogP contribution is 2.14. The molecule has 5 heteroatoms. The Bertz CT molecular complexity index is 791. The number of amides is 1. The average Bonchev–Trinajstić information content (AvgIpc) is 2.48. The van der Waals surface area contributed by atoms with E-state index in [-0.39, 0.29) is 11.1 Å². The summed E-state index contributed by atoms with van der Waals surface area (Å²) >= 11 is 0. The van der Waals surface area contributed by atoms with Gasteiger partial charge in [0.15, 0.2) is 11.6 Å². The summed E-state index contributed by atoms with van der Waals surface area (Å²) in [5.74, 6) is -2.64. The third-order valence-electron chi connectivity index (χ3n) is 2.90. The van der Waals surface area contributed by atoms with Crippen LogP contribution in [0.15, 0.2) is 48.0 Å². The molecule has 0 saturated heterocycles. The normalized spacial score (nSPS) is 10.9. The van der Waals surface area contributed by atoms with E-state index in [4.69, 9.17) is 5.26 Å². The SMILES string of the molecule is Cc1cccc(NC(=O)/C(C#N)=C\c2ccc(F)c(F)c2)c1. The fourth-order valence-electron chi connectivity index (χ4n) is 1.84. The van der Waals surface area contributed by atoms with Crippen LogP contribution < -0.4 is 5.32 Å². The number of hydrogen-bond donors (Lipinski definition) is 1. The Hall–Kier alpha value is -3.00. The first-order valence-electron chi connectivity index (χ1n) is 6.44. The van der Waals surface area contributed by atoms with Crippen molar-refractivity contribution in [3.8, 4) is 6.07 Å². The molecule has 0 aliphatic heterocycles. The van der Waals surface area contributed by atoms with Gasteiger partial charge in [0.2, 0.25) is 0 Å². The van der Waals surface area contributed by atoms with E-state index in [1.807, 2.05) is 13.0 Å². The lowest BCUT2D eigenvalue weighted by Gasteiger charge is -2.05. The summed E-state index contributed by atoms with van der Waals surface area (Å²) in [6.45, 7) is 1.87. The van der Waals surface area contributed by atoms with Crippen LogP contribution in [0.2, 0.25) is 0 Å². The van der Waals surface area contributed by atoms with Gasteiger partial charge in [-0.05, 0) is 48.4 Å². The Balaban J connectivity index is 2.23. The van der Waals surface area contributed by atoms with Gasteiger partial charge in [-0.25, -0.2) is 8.78 Å². The molecule has 1 N–H and O–H groups in total. The molecule has 2 aromatic carbocycles. The van der Waals surface area contributed by atoms with Gasteiger partial charge < -0.3 is 5.32 Å². The minimum atomic E-state index is -1.04. The van der Waals surface area contributed by atoms with Crippen molar-refractivity contribution in [3.05, 3.63) is 70.8 Å². The lowest BCUT2D eigenvalue weighted by molar-refractivity contribution is -0.112. The minimum absolute atomic E-state index is 0.201. The molecule has 3 nitrogen and oxygen atoms in total. The van der Waals surface area contributed by atoms with Crippen molar-refractivity contribution in [2.45, 2.75) is 6.92 Å². The zero-order valence-electron chi connectivity index (χ0n) is 11.7. The number of anilines is 1. The second kappa shape index (κ2) is 6.64. The Morgan fingerprint density at radius 3 is 2.59 bits per heavy atom. The third kappa shape index (κ3) is 3.76. The number of nitriles is 1. The Kier molecular flexibility index (Phi) is 4.64. The van der Waals surface area contributed by atoms with Gasteiger partial charge in [0, 0.05) is 5.69 Å². The van der Waals surface area contributed by atoms with Crippen molar-refractivity contribution in [1.29, 1.82) is 5.26 Å². The number of aryl methyl sites for hydroxylation is 1. The van der Waals surface area contributed by atoms with Gasteiger partial charge in [0.1, 0.15) is 11.6 Å². The molecule has 0 aromatic heterocycles. The van der Waals surface area contributed by atoms with E-state index in [0.717, 1.165) is 17.7 Å². The predicted octanol–water partition coefficient (Wildman–Crippen LogP) is 3.82. The number of halogens is 2. The van der Waals surface area contributed by atoms with Crippen molar-refractivity contribution >= 4 is 17.7 Å². The first-order chi connectivity index (χ1) is 10.5. The topological polar surface area (TPSA) is 52.9 Å². The fourth-order valence-corrected chi connectivity index (χ4v) is 1.84. The predicted molar refractivity (Wildman–Crippen MR) is 79.8 cm³/mol. The van der Waals surface area contributed by atoms with Gasteiger partial charge in [0.25, 0.3) is 5.91 Å². The highest BCUT2D eigenvalue weighted by atomic mass is 19.2. The van der Waals surface area contributed by atoms with Crippen LogP contribution in [0.5, 0.6) is 0 Å². The molecule has 22 heavy (non-hydrogen) atoms. The van der Waals surface area contributed by atoms with Crippen molar-refractivity contribution in [2.24, 2.45) is 0 Å². The molecule has 0 atom stereocenters. The molecule has 110 valence electrons. The average molecular weight is 298 g/mol. The second-order valence-electron chi connectivity index (χ2n) is 4.67. The number of carbonyl (C=O) groups excluding carboxylic acids is 1. The Morgan fingerprint density at radius 1 is 1.18 bits per heavy atom. The van der Waals surface area contributed by atoms with Crippen LogP contribution in [-0.2, 0) is 4.79 Å². The third-order valence-corrected chi connectivity index (χ3v) is 2.90. The van der Waals surface area contributed by atoms with Crippen molar-refractivity contribution in [1.82, 2.24) is 0 Å². The van der Waals surface area contributed by atoms with E-state index in [2.05, 4.69) is 5.32 Å². The molecular weight excluding hydrogens is 286 g/mol. The lowest BCUT2D eigenvalue weighted by Crippen LogP contribution is -2.13. The molecule has 1 amide bonds. The molecule has 0 bridgehead atoms. The van der Waals surface area contributed by atoms with Crippen LogP contribution in [0.1, 0.15) is 11.1 Å². The quantitative estimate of drug-likeness (QED) is 0.692. The van der Waals surface area contributed by atoms with E-state index >= 15 is 0 Å². The second-order valence-corrected chi connectivity index (χ2v) is 4.67. The number of carbonyl (C=O) groups is 1. The summed E-state index contributed by atoms with van der Waals surface area (Å²) in [4.78, 5) is 12.0. The van der Waals surface area contributed by atoms with Crippen LogP contribution in [0.3, 0.4) is 0 Å². The van der Waals surface area contributed by atoms with Gasteiger partial charge in [-0.1, -0.05) is 18.2 Å². The van der Waals surface area contributed by atoms with Gasteiger partial charge in [-0.3, -0.25) is 4.79 Å². The molecule has 2 rings (SSSR count). The van der Waals surface area contributed by atoms with E-state index < -0.39 is 17.5 Å². The van der Waals surface area contributed by atoms with Crippen LogP contribution >= 0.6 is 0 Å². The summed E-state index contributed by atoms with van der Waals surface area (Å²) in [5, 5.41) is 11.6. The molecule has 0 unspecified atom stereocenters. The van der Waals surface area contributed by atoms with E-state index in [1.54, 1.807) is 24.3 Å². The van der Waals surface area contributed by atoms with Gasteiger partial charge in [-0.15, -0.1) is 0 Å². The smallest absolute Gasteiger partial charge is 0.266 e. The number of rotatable bonds is 3. The minimum Gasteiger partial charge on any atom is -0.321 e. The molecule has 0 spiro atoms. The lowest BCUT2D eigenvalue weighted by atomic mass is 10.1. The number of nitrogens with zero attached hydrogens (tertiary/aromatic N) is 1. The summed E-state index contributed by atoms with van der Waals surface area (Å²) in [6.07, 6.45) is 1.20. The standard InChI is InChI=1S/C17H12F2N2O/c1-11-3-2-4-14(7-11)21-17(22)13(10-20)8-12-5-6-15(18)16(19)9-12/h2-9H,1H3,(H,21,22)/b13-8-. The first kappa shape index (κ1) is 15.4. The van der Waals surface area contributed by atoms with Crippen LogP contribution in [0.25, 0.3) is 6.08 Å². The maximum Gasteiger partial charge on any atom is 0.266 e. The maximum absolute atomic E-state index is 13.1. The maximum atomic E-state index is 13.1. The van der Waals surface area contributed by atoms with Gasteiger partial charge in [-0.2, -0.15) is 5.26 Å². The summed E-state index contributed by atoms with van der Waals surface area (Å²) in [6, 6.07) is 12.0. The van der Waals surface area contributed by atoms with Crippen molar-refractivity contribution in [2.75, 3.05) is 5.32 Å². The van der Waals surface area contributed by atoms with Gasteiger partial charge in [0.05, 0.1) is 0 Å². The van der Waals surface area contributed by atoms with Gasteiger partial charge >= 0.3 is 0 Å². The summed E-state index contributed by atoms with van der Waals surface area (Å²) in [5.41, 5.74) is 1.54. The van der Waals surface area contributed by atoms with Crippen molar-refractivity contribution < 1.29 is 13.6 Å². The number of benzene rings is 2. The molecular formula is C17H12F2N2O. The molecule has 0 saturated carbocycles. The molecule has 0 heterocycles. The Morgan fingerprint density at radius 2 is 1.95 bits per heavy atom. The van der Waals surface area contributed by atoms with Crippen molar-refractivity contribution in [3.63, 3.8) is 0 Å². The number of hydrogen-bond acceptors (Lipinski definition) is 2. The monoisotopic (exact) mass is 298 g/mol. The summed E-state index contributed by atoms with van der Waals surface area (Å²) < 4.78 is 26.0. The highest BCUT2D eigenvalue weighted by Gasteiger charge is 2.10. The van der Waals surface area contributed by atoms with Crippen LogP contribution in [0.4, 0.5) is 14.5 Å². The zero-order chi connectivity index (χ0) is 16.1. The van der Waals surface area contributed by atoms with Crippen LogP contribution in [0, 0.1) is 29.9 Å².